The van der Waals surface area contributed by atoms with Crippen LogP contribution in [0.15, 0.2) is 27.6 Å². The van der Waals surface area contributed by atoms with Gasteiger partial charge in [0.1, 0.15) is 0 Å². The highest BCUT2D eigenvalue weighted by atomic mass is 79.9. The molecule has 0 amide bonds. The third-order valence-corrected chi connectivity index (χ3v) is 4.82. The van der Waals surface area contributed by atoms with Crippen LogP contribution in [-0.2, 0) is 16.6 Å². The van der Waals surface area contributed by atoms with Crippen LogP contribution in [0.5, 0.6) is 0 Å². The van der Waals surface area contributed by atoms with Gasteiger partial charge in [-0.15, -0.1) is 0 Å². The topological polar surface area (TPSA) is 58.2 Å². The van der Waals surface area contributed by atoms with Crippen LogP contribution in [0.2, 0.25) is 0 Å². The Bertz CT molecular complexity index is 561. The van der Waals surface area contributed by atoms with Gasteiger partial charge in [0.15, 0.2) is 0 Å². The predicted octanol–water partition coefficient (Wildman–Crippen LogP) is 2.40. The van der Waals surface area contributed by atoms with Crippen molar-refractivity contribution in [3.8, 4) is 0 Å². The smallest absolute Gasteiger partial charge is 0.316 e. The van der Waals surface area contributed by atoms with E-state index < -0.39 is 29.2 Å². The zero-order valence-corrected chi connectivity index (χ0v) is 13.0. The standard InChI is InChI=1S/C11H14BrF3N2O2S/c1-16-7-8-2-3-9(12)10(6-8)20(18,19)17-5-4-11(13,14)15/h2-3,6,16-17H,4-5,7H2,1H3. The minimum absolute atomic E-state index is 0.0765. The second kappa shape index (κ2) is 6.88. The molecular weight excluding hydrogens is 361 g/mol. The average Bonchev–Trinajstić information content (AvgIpc) is 2.29. The minimum Gasteiger partial charge on any atom is -0.316 e. The lowest BCUT2D eigenvalue weighted by Gasteiger charge is -2.11. The molecule has 9 heteroatoms. The molecule has 0 heterocycles. The molecular formula is C11H14BrF3N2O2S. The molecule has 1 rings (SSSR count). The molecule has 0 saturated heterocycles. The van der Waals surface area contributed by atoms with Crippen LogP contribution in [0.4, 0.5) is 13.2 Å². The largest absolute Gasteiger partial charge is 0.390 e. The first-order chi connectivity index (χ1) is 9.15. The van der Waals surface area contributed by atoms with Crippen molar-refractivity contribution >= 4 is 26.0 Å². The van der Waals surface area contributed by atoms with E-state index in [1.165, 1.54) is 6.07 Å². The van der Waals surface area contributed by atoms with Crippen LogP contribution in [0.3, 0.4) is 0 Å². The van der Waals surface area contributed by atoms with E-state index in [-0.39, 0.29) is 4.90 Å². The molecule has 0 aliphatic rings. The van der Waals surface area contributed by atoms with Crippen molar-refractivity contribution in [1.29, 1.82) is 0 Å². The third-order valence-electron chi connectivity index (χ3n) is 2.37. The van der Waals surface area contributed by atoms with E-state index in [0.29, 0.717) is 16.6 Å². The Morgan fingerprint density at radius 3 is 2.50 bits per heavy atom. The van der Waals surface area contributed by atoms with E-state index in [2.05, 4.69) is 21.2 Å². The fourth-order valence-electron chi connectivity index (χ4n) is 1.47. The highest BCUT2D eigenvalue weighted by Crippen LogP contribution is 2.24. The van der Waals surface area contributed by atoms with E-state index in [0.717, 1.165) is 0 Å². The highest BCUT2D eigenvalue weighted by Gasteiger charge is 2.28. The van der Waals surface area contributed by atoms with Gasteiger partial charge < -0.3 is 5.32 Å². The van der Waals surface area contributed by atoms with Crippen molar-refractivity contribution in [1.82, 2.24) is 10.0 Å². The second-order valence-electron chi connectivity index (χ2n) is 4.06. The molecule has 0 fully saturated rings. The average molecular weight is 375 g/mol. The van der Waals surface area contributed by atoms with Gasteiger partial charge in [0.25, 0.3) is 0 Å². The summed E-state index contributed by atoms with van der Waals surface area (Å²) >= 11 is 3.09. The van der Waals surface area contributed by atoms with Crippen LogP contribution in [0.1, 0.15) is 12.0 Å². The molecule has 0 aliphatic heterocycles. The molecule has 2 N–H and O–H groups in total. The van der Waals surface area contributed by atoms with Gasteiger partial charge in [0.05, 0.1) is 11.3 Å². The molecule has 0 unspecified atom stereocenters. The number of sulfonamides is 1. The first-order valence-corrected chi connectivity index (χ1v) is 7.93. The first-order valence-electron chi connectivity index (χ1n) is 5.65. The van der Waals surface area contributed by atoms with E-state index in [1.807, 2.05) is 4.72 Å². The summed E-state index contributed by atoms with van der Waals surface area (Å²) in [6.07, 6.45) is -5.60. The number of alkyl halides is 3. The van der Waals surface area contributed by atoms with Gasteiger partial charge in [0, 0.05) is 17.6 Å². The third kappa shape index (κ3) is 5.39. The zero-order chi connectivity index (χ0) is 15.4. The van der Waals surface area contributed by atoms with Crippen molar-refractivity contribution in [2.24, 2.45) is 0 Å². The summed E-state index contributed by atoms with van der Waals surface area (Å²) in [6, 6.07) is 4.68. The number of halogens is 4. The fraction of sp³-hybridized carbons (Fsp3) is 0.455. The fourth-order valence-corrected chi connectivity index (χ4v) is 3.52. The Kier molecular flexibility index (Phi) is 5.99. The molecule has 1 aromatic rings. The Morgan fingerprint density at radius 1 is 1.30 bits per heavy atom. The van der Waals surface area contributed by atoms with Gasteiger partial charge >= 0.3 is 6.18 Å². The molecule has 20 heavy (non-hydrogen) atoms. The number of rotatable bonds is 6. The van der Waals surface area contributed by atoms with Crippen molar-refractivity contribution in [3.63, 3.8) is 0 Å². The molecule has 0 atom stereocenters. The van der Waals surface area contributed by atoms with E-state index in [1.54, 1.807) is 19.2 Å². The van der Waals surface area contributed by atoms with Gasteiger partial charge in [-0.05, 0) is 40.7 Å². The molecule has 4 nitrogen and oxygen atoms in total. The summed E-state index contributed by atoms with van der Waals surface area (Å²) in [4.78, 5) is -0.0765. The van der Waals surface area contributed by atoms with Crippen molar-refractivity contribution in [3.05, 3.63) is 28.2 Å². The number of benzene rings is 1. The molecule has 0 aliphatic carbocycles. The minimum atomic E-state index is -4.40. The molecule has 0 bridgehead atoms. The van der Waals surface area contributed by atoms with Crippen molar-refractivity contribution in [2.75, 3.05) is 13.6 Å². The zero-order valence-electron chi connectivity index (χ0n) is 10.6. The summed E-state index contributed by atoms with van der Waals surface area (Å²) in [5.74, 6) is 0. The van der Waals surface area contributed by atoms with Gasteiger partial charge in [-0.3, -0.25) is 0 Å². The molecule has 0 saturated carbocycles. The number of hydrogen-bond donors (Lipinski definition) is 2. The Balaban J connectivity index is 2.89. The predicted molar refractivity (Wildman–Crippen MR) is 72.8 cm³/mol. The summed E-state index contributed by atoms with van der Waals surface area (Å²) in [5, 5.41) is 2.87. The highest BCUT2D eigenvalue weighted by molar-refractivity contribution is 9.10. The van der Waals surface area contributed by atoms with Gasteiger partial charge in [-0.1, -0.05) is 6.07 Å². The molecule has 114 valence electrons. The summed E-state index contributed by atoms with van der Waals surface area (Å²) in [6.45, 7) is -0.229. The van der Waals surface area contributed by atoms with Crippen LogP contribution < -0.4 is 10.0 Å². The van der Waals surface area contributed by atoms with Gasteiger partial charge in [-0.2, -0.15) is 13.2 Å². The van der Waals surface area contributed by atoms with Crippen molar-refractivity contribution in [2.45, 2.75) is 24.0 Å². The summed E-state index contributed by atoms with van der Waals surface area (Å²) in [7, 11) is -2.27. The Labute approximate surface area is 123 Å². The number of nitrogens with one attached hydrogen (secondary N) is 2. The maximum absolute atomic E-state index is 12.0. The van der Waals surface area contributed by atoms with Crippen LogP contribution >= 0.6 is 15.9 Å². The molecule has 0 radical (unpaired) electrons. The maximum Gasteiger partial charge on any atom is 0.390 e. The first kappa shape index (κ1) is 17.4. The monoisotopic (exact) mass is 374 g/mol. The van der Waals surface area contributed by atoms with E-state index in [4.69, 9.17) is 0 Å². The Hall–Kier alpha value is -0.640. The summed E-state index contributed by atoms with van der Waals surface area (Å²) < 4.78 is 62.3. The summed E-state index contributed by atoms with van der Waals surface area (Å²) in [5.41, 5.74) is 0.715. The van der Waals surface area contributed by atoms with E-state index >= 15 is 0 Å². The maximum atomic E-state index is 12.0. The quantitative estimate of drug-likeness (QED) is 0.803. The molecule has 0 spiro atoms. The van der Waals surface area contributed by atoms with Crippen molar-refractivity contribution < 1.29 is 21.6 Å². The van der Waals surface area contributed by atoms with Crippen LogP contribution in [-0.4, -0.2) is 28.2 Å². The molecule has 0 aromatic heterocycles. The lowest BCUT2D eigenvalue weighted by Crippen LogP contribution is -2.28. The van der Waals surface area contributed by atoms with Gasteiger partial charge in [-0.25, -0.2) is 13.1 Å². The Morgan fingerprint density at radius 2 is 1.95 bits per heavy atom. The number of hydrogen-bond acceptors (Lipinski definition) is 3. The lowest BCUT2D eigenvalue weighted by atomic mass is 10.2. The normalized spacial score (nSPS) is 12.7. The molecule has 1 aromatic carbocycles. The van der Waals surface area contributed by atoms with Crippen LogP contribution in [0.25, 0.3) is 0 Å². The van der Waals surface area contributed by atoms with Gasteiger partial charge in [0.2, 0.25) is 10.0 Å². The SMILES string of the molecule is CNCc1ccc(Br)c(S(=O)(=O)NCCC(F)(F)F)c1. The van der Waals surface area contributed by atoms with E-state index in [9.17, 15) is 21.6 Å². The lowest BCUT2D eigenvalue weighted by molar-refractivity contribution is -0.132. The van der Waals surface area contributed by atoms with Crippen LogP contribution in [0, 0.1) is 0 Å². The second-order valence-corrected chi connectivity index (χ2v) is 6.65.